The number of nitrogens with one attached hydrogen (secondary N) is 1. The van der Waals surface area contributed by atoms with E-state index in [1.165, 1.54) is 0 Å². The van der Waals surface area contributed by atoms with Crippen molar-refractivity contribution in [2.75, 3.05) is 20.8 Å². The molecule has 0 spiro atoms. The molecule has 0 unspecified atom stereocenters. The summed E-state index contributed by atoms with van der Waals surface area (Å²) in [7, 11) is 3.57. The average molecular weight is 221 g/mol. The molecule has 1 aromatic rings. The van der Waals surface area contributed by atoms with Crippen molar-refractivity contribution in [1.82, 2.24) is 5.32 Å². The summed E-state index contributed by atoms with van der Waals surface area (Å²) in [6.07, 6.45) is 2.69. The number of hydrogen-bond donors (Lipinski definition) is 1. The lowest BCUT2D eigenvalue weighted by molar-refractivity contribution is 0.318. The Bertz CT molecular complexity index is 337. The molecule has 0 saturated heterocycles. The minimum atomic E-state index is 0.646. The van der Waals surface area contributed by atoms with E-state index in [0.29, 0.717) is 6.61 Å². The number of rotatable bonds is 7. The van der Waals surface area contributed by atoms with Gasteiger partial charge < -0.3 is 14.8 Å². The van der Waals surface area contributed by atoms with Crippen molar-refractivity contribution in [1.29, 1.82) is 0 Å². The molecule has 88 valence electrons. The normalized spacial score (nSPS) is 9.88. The van der Waals surface area contributed by atoms with Gasteiger partial charge in [0.2, 0.25) is 0 Å². The van der Waals surface area contributed by atoms with Crippen LogP contribution in [0.4, 0.5) is 0 Å². The lowest BCUT2D eigenvalue weighted by atomic mass is 10.2. The van der Waals surface area contributed by atoms with Crippen LogP contribution in [0.3, 0.4) is 0 Å². The summed E-state index contributed by atoms with van der Waals surface area (Å²) in [5.41, 5.74) is 1.13. The summed E-state index contributed by atoms with van der Waals surface area (Å²) >= 11 is 0. The minimum Gasteiger partial charge on any atom is -0.497 e. The molecule has 0 aliphatic rings. The van der Waals surface area contributed by atoms with Crippen LogP contribution in [0.15, 0.2) is 30.9 Å². The van der Waals surface area contributed by atoms with Crippen LogP contribution < -0.4 is 14.8 Å². The molecule has 0 amide bonds. The smallest absolute Gasteiger partial charge is 0.127 e. The second-order valence-corrected chi connectivity index (χ2v) is 3.43. The number of ether oxygens (including phenoxy) is 2. The summed E-state index contributed by atoms with van der Waals surface area (Å²) in [6, 6.07) is 5.86. The standard InChI is InChI=1S/C13H19NO2/c1-4-5-8-16-13-9-12(15-3)7-6-11(13)10-14-2/h4,6-7,9,14H,1,5,8,10H2,2-3H3. The zero-order valence-electron chi connectivity index (χ0n) is 9.95. The van der Waals surface area contributed by atoms with E-state index >= 15 is 0 Å². The maximum absolute atomic E-state index is 5.68. The minimum absolute atomic E-state index is 0.646. The molecular formula is C13H19NO2. The van der Waals surface area contributed by atoms with Crippen molar-refractivity contribution >= 4 is 0 Å². The highest BCUT2D eigenvalue weighted by Gasteiger charge is 2.04. The molecule has 0 aliphatic heterocycles. The maximum Gasteiger partial charge on any atom is 0.127 e. The Labute approximate surface area is 97.1 Å². The third kappa shape index (κ3) is 3.59. The predicted molar refractivity (Wildman–Crippen MR) is 66.1 cm³/mol. The first-order valence-corrected chi connectivity index (χ1v) is 5.37. The Hall–Kier alpha value is -1.48. The Kier molecular flexibility index (Phi) is 5.43. The van der Waals surface area contributed by atoms with Gasteiger partial charge in [-0.05, 0) is 19.5 Å². The van der Waals surface area contributed by atoms with E-state index < -0.39 is 0 Å². The molecule has 0 heterocycles. The van der Waals surface area contributed by atoms with Crippen LogP contribution in [0, 0.1) is 0 Å². The van der Waals surface area contributed by atoms with Crippen molar-refractivity contribution in [3.05, 3.63) is 36.4 Å². The number of methoxy groups -OCH3 is 1. The molecule has 1 aromatic carbocycles. The summed E-state index contributed by atoms with van der Waals surface area (Å²) in [4.78, 5) is 0. The van der Waals surface area contributed by atoms with Crippen molar-refractivity contribution < 1.29 is 9.47 Å². The fraction of sp³-hybridized carbons (Fsp3) is 0.385. The van der Waals surface area contributed by atoms with E-state index in [9.17, 15) is 0 Å². The summed E-state index contributed by atoms with van der Waals surface area (Å²) in [5.74, 6) is 1.68. The van der Waals surface area contributed by atoms with Gasteiger partial charge in [0.15, 0.2) is 0 Å². The Morgan fingerprint density at radius 2 is 2.25 bits per heavy atom. The van der Waals surface area contributed by atoms with Crippen LogP contribution in [-0.2, 0) is 6.54 Å². The summed E-state index contributed by atoms with van der Waals surface area (Å²) in [5, 5.41) is 3.11. The summed E-state index contributed by atoms with van der Waals surface area (Å²) < 4.78 is 10.9. The van der Waals surface area contributed by atoms with Crippen molar-refractivity contribution in [2.45, 2.75) is 13.0 Å². The second-order valence-electron chi connectivity index (χ2n) is 3.43. The van der Waals surface area contributed by atoms with Gasteiger partial charge in [-0.3, -0.25) is 0 Å². The fourth-order valence-electron chi connectivity index (χ4n) is 1.38. The van der Waals surface area contributed by atoms with E-state index in [1.54, 1.807) is 7.11 Å². The van der Waals surface area contributed by atoms with Gasteiger partial charge >= 0.3 is 0 Å². The summed E-state index contributed by atoms with van der Waals surface area (Å²) in [6.45, 7) is 5.10. The van der Waals surface area contributed by atoms with Crippen molar-refractivity contribution in [3.8, 4) is 11.5 Å². The zero-order valence-corrected chi connectivity index (χ0v) is 9.95. The highest BCUT2D eigenvalue weighted by molar-refractivity contribution is 5.40. The van der Waals surface area contributed by atoms with Gasteiger partial charge in [-0.25, -0.2) is 0 Å². The van der Waals surface area contributed by atoms with Gasteiger partial charge in [0, 0.05) is 18.2 Å². The van der Waals surface area contributed by atoms with Crippen molar-refractivity contribution in [3.63, 3.8) is 0 Å². The molecule has 0 fully saturated rings. The molecule has 0 saturated carbocycles. The third-order valence-corrected chi connectivity index (χ3v) is 2.22. The van der Waals surface area contributed by atoms with E-state index in [1.807, 2.05) is 31.3 Å². The van der Waals surface area contributed by atoms with E-state index in [0.717, 1.165) is 30.0 Å². The molecule has 0 atom stereocenters. The first kappa shape index (κ1) is 12.6. The predicted octanol–water partition coefficient (Wildman–Crippen LogP) is 2.37. The third-order valence-electron chi connectivity index (χ3n) is 2.22. The molecule has 0 radical (unpaired) electrons. The zero-order chi connectivity index (χ0) is 11.8. The Morgan fingerprint density at radius 1 is 1.44 bits per heavy atom. The van der Waals surface area contributed by atoms with Gasteiger partial charge in [0.05, 0.1) is 13.7 Å². The monoisotopic (exact) mass is 221 g/mol. The highest BCUT2D eigenvalue weighted by atomic mass is 16.5. The second kappa shape index (κ2) is 6.90. The molecule has 3 nitrogen and oxygen atoms in total. The largest absolute Gasteiger partial charge is 0.497 e. The van der Waals surface area contributed by atoms with Crippen LogP contribution in [0.25, 0.3) is 0 Å². The van der Waals surface area contributed by atoms with Gasteiger partial charge in [0.1, 0.15) is 11.5 Å². The van der Waals surface area contributed by atoms with E-state index in [2.05, 4.69) is 11.9 Å². The number of hydrogen-bond acceptors (Lipinski definition) is 3. The average Bonchev–Trinajstić information content (AvgIpc) is 2.31. The van der Waals surface area contributed by atoms with E-state index in [4.69, 9.17) is 9.47 Å². The highest BCUT2D eigenvalue weighted by Crippen LogP contribution is 2.24. The molecule has 1 N–H and O–H groups in total. The molecule has 16 heavy (non-hydrogen) atoms. The Morgan fingerprint density at radius 3 is 2.88 bits per heavy atom. The Balaban J connectivity index is 2.77. The van der Waals surface area contributed by atoms with Crippen molar-refractivity contribution in [2.24, 2.45) is 0 Å². The molecule has 0 aliphatic carbocycles. The molecule has 0 bridgehead atoms. The van der Waals surface area contributed by atoms with Crippen LogP contribution >= 0.6 is 0 Å². The van der Waals surface area contributed by atoms with Gasteiger partial charge in [-0.15, -0.1) is 6.58 Å². The van der Waals surface area contributed by atoms with Gasteiger partial charge in [0.25, 0.3) is 0 Å². The van der Waals surface area contributed by atoms with Crippen LogP contribution in [0.5, 0.6) is 11.5 Å². The van der Waals surface area contributed by atoms with Crippen LogP contribution in [-0.4, -0.2) is 20.8 Å². The van der Waals surface area contributed by atoms with Crippen LogP contribution in [0.2, 0.25) is 0 Å². The molecule has 0 aromatic heterocycles. The van der Waals surface area contributed by atoms with Gasteiger partial charge in [-0.1, -0.05) is 12.1 Å². The quantitative estimate of drug-likeness (QED) is 0.566. The first-order valence-electron chi connectivity index (χ1n) is 5.37. The number of benzene rings is 1. The fourth-order valence-corrected chi connectivity index (χ4v) is 1.38. The molecule has 1 rings (SSSR count). The first-order chi connectivity index (χ1) is 7.81. The molecular weight excluding hydrogens is 202 g/mol. The lowest BCUT2D eigenvalue weighted by Gasteiger charge is -2.12. The SMILES string of the molecule is C=CCCOc1cc(OC)ccc1CNC. The lowest BCUT2D eigenvalue weighted by Crippen LogP contribution is -2.08. The molecule has 3 heteroatoms. The maximum atomic E-state index is 5.68. The topological polar surface area (TPSA) is 30.5 Å². The van der Waals surface area contributed by atoms with Gasteiger partial charge in [-0.2, -0.15) is 0 Å². The van der Waals surface area contributed by atoms with E-state index in [-0.39, 0.29) is 0 Å². The van der Waals surface area contributed by atoms with Crippen LogP contribution in [0.1, 0.15) is 12.0 Å².